The summed E-state index contributed by atoms with van der Waals surface area (Å²) in [6, 6.07) is 1.79. The molecule has 2 saturated carbocycles. The topological polar surface area (TPSA) is 88.4 Å². The summed E-state index contributed by atoms with van der Waals surface area (Å²) in [5, 5.41) is 12.9. The van der Waals surface area contributed by atoms with Crippen molar-refractivity contribution in [1.29, 1.82) is 0 Å². The number of nitrogens with one attached hydrogen (secondary N) is 1. The number of rotatable bonds is 6. The molecule has 1 aromatic rings. The van der Waals surface area contributed by atoms with Crippen LogP contribution in [0.25, 0.3) is 0 Å². The zero-order chi connectivity index (χ0) is 24.1. The third-order valence-electron chi connectivity index (χ3n) is 8.75. The molecule has 2 N–H and O–H groups in total. The van der Waals surface area contributed by atoms with E-state index in [1.807, 2.05) is 4.57 Å². The maximum Gasteiger partial charge on any atom is 0.329 e. The van der Waals surface area contributed by atoms with Crippen LogP contribution in [0.15, 0.2) is 10.9 Å². The first-order valence-electron chi connectivity index (χ1n) is 13.7. The average Bonchev–Trinajstić information content (AvgIpc) is 2.82. The van der Waals surface area contributed by atoms with Crippen molar-refractivity contribution < 1.29 is 14.7 Å². The first-order valence-corrected chi connectivity index (χ1v) is 13.7. The molecule has 6 heteroatoms. The van der Waals surface area contributed by atoms with Crippen LogP contribution in [0.5, 0.6) is 0 Å². The van der Waals surface area contributed by atoms with Crippen molar-refractivity contribution in [2.24, 2.45) is 11.8 Å². The highest BCUT2D eigenvalue weighted by Crippen LogP contribution is 2.33. The van der Waals surface area contributed by atoms with E-state index in [1.165, 1.54) is 32.1 Å². The molecule has 1 amide bonds. The van der Waals surface area contributed by atoms with Gasteiger partial charge in [-0.2, -0.15) is 0 Å². The second kappa shape index (κ2) is 11.1. The summed E-state index contributed by atoms with van der Waals surface area (Å²) in [6.07, 6.45) is 16.8. The molecule has 1 aromatic heterocycles. The fourth-order valence-corrected chi connectivity index (χ4v) is 6.53. The second-order valence-electron chi connectivity index (χ2n) is 11.2. The Balaban J connectivity index is 1.69. The zero-order valence-corrected chi connectivity index (χ0v) is 20.9. The summed E-state index contributed by atoms with van der Waals surface area (Å²) < 4.78 is 1.91. The summed E-state index contributed by atoms with van der Waals surface area (Å²) in [4.78, 5) is 39.6. The van der Waals surface area contributed by atoms with E-state index in [0.717, 1.165) is 81.9 Å². The van der Waals surface area contributed by atoms with Crippen molar-refractivity contribution in [2.45, 2.75) is 122 Å². The van der Waals surface area contributed by atoms with Crippen LogP contribution in [0.4, 0.5) is 0 Å². The molecule has 2 fully saturated rings. The molecule has 6 nitrogen and oxygen atoms in total. The van der Waals surface area contributed by atoms with Gasteiger partial charge in [0.1, 0.15) is 11.1 Å². The van der Waals surface area contributed by atoms with E-state index >= 15 is 0 Å². The van der Waals surface area contributed by atoms with E-state index in [-0.39, 0.29) is 17.0 Å². The highest BCUT2D eigenvalue weighted by molar-refractivity contribution is 5.97. The Morgan fingerprint density at radius 2 is 1.53 bits per heavy atom. The molecule has 0 bridgehead atoms. The van der Waals surface area contributed by atoms with Crippen LogP contribution < -0.4 is 10.9 Å². The predicted molar refractivity (Wildman–Crippen MR) is 133 cm³/mol. The number of aromatic nitrogens is 1. The minimum Gasteiger partial charge on any atom is -0.480 e. The first-order chi connectivity index (χ1) is 16.4. The van der Waals surface area contributed by atoms with Gasteiger partial charge in [0.25, 0.3) is 11.5 Å². The van der Waals surface area contributed by atoms with E-state index in [0.29, 0.717) is 12.5 Å². The fourth-order valence-electron chi connectivity index (χ4n) is 6.53. The number of nitrogens with zero attached hydrogens (tertiary/aromatic N) is 1. The van der Waals surface area contributed by atoms with Crippen molar-refractivity contribution in [3.05, 3.63) is 33.2 Å². The molecule has 4 rings (SSSR count). The number of aryl methyl sites for hydroxylation is 1. The number of carbonyl (C=O) groups excluding carboxylic acids is 1. The molecule has 0 radical (unpaired) electrons. The van der Waals surface area contributed by atoms with Crippen molar-refractivity contribution in [3.8, 4) is 0 Å². The maximum absolute atomic E-state index is 13.7. The van der Waals surface area contributed by atoms with Crippen LogP contribution in [0, 0.1) is 11.8 Å². The van der Waals surface area contributed by atoms with Crippen molar-refractivity contribution >= 4 is 11.9 Å². The zero-order valence-electron chi connectivity index (χ0n) is 20.9. The number of carboxylic acids is 1. The molecule has 1 atom stereocenters. The Morgan fingerprint density at radius 3 is 2.18 bits per heavy atom. The van der Waals surface area contributed by atoms with Gasteiger partial charge in [-0.1, -0.05) is 51.4 Å². The third-order valence-corrected chi connectivity index (χ3v) is 8.75. The van der Waals surface area contributed by atoms with Crippen LogP contribution in [0.1, 0.15) is 118 Å². The quantitative estimate of drug-likeness (QED) is 0.595. The number of hydrogen-bond acceptors (Lipinski definition) is 3. The summed E-state index contributed by atoms with van der Waals surface area (Å²) >= 11 is 0. The number of amides is 1. The number of aliphatic carboxylic acids is 1. The second-order valence-corrected chi connectivity index (χ2v) is 11.2. The molecule has 0 aliphatic heterocycles. The molecule has 188 valence electrons. The Labute approximate surface area is 203 Å². The Bertz CT molecular complexity index is 940. The number of hydrogen-bond donors (Lipinski definition) is 2. The predicted octanol–water partition coefficient (Wildman–Crippen LogP) is 5.24. The molecule has 1 heterocycles. The van der Waals surface area contributed by atoms with Crippen molar-refractivity contribution in [3.63, 3.8) is 0 Å². The number of fused-ring (bicyclic) bond motifs is 1. The van der Waals surface area contributed by atoms with Crippen LogP contribution in [0.3, 0.4) is 0 Å². The van der Waals surface area contributed by atoms with Crippen molar-refractivity contribution in [2.75, 3.05) is 0 Å². The lowest BCUT2D eigenvalue weighted by Crippen LogP contribution is -2.58. The average molecular weight is 471 g/mol. The van der Waals surface area contributed by atoms with E-state index in [1.54, 1.807) is 13.0 Å². The monoisotopic (exact) mass is 470 g/mol. The lowest BCUT2D eigenvalue weighted by molar-refractivity contribution is -0.146. The summed E-state index contributed by atoms with van der Waals surface area (Å²) in [5.74, 6) is -1.17. The van der Waals surface area contributed by atoms with Gasteiger partial charge < -0.3 is 15.0 Å². The van der Waals surface area contributed by atoms with Crippen LogP contribution >= 0.6 is 0 Å². The van der Waals surface area contributed by atoms with E-state index in [9.17, 15) is 19.5 Å². The van der Waals surface area contributed by atoms with E-state index in [2.05, 4.69) is 5.32 Å². The highest BCUT2D eigenvalue weighted by atomic mass is 16.4. The molecule has 3 aliphatic rings. The molecular formula is C28H42N2O4. The Kier molecular flexibility index (Phi) is 8.15. The number of carbonyl (C=O) groups is 2. The van der Waals surface area contributed by atoms with E-state index in [4.69, 9.17) is 0 Å². The number of carboxylic acid groups (broad SMARTS) is 1. The molecule has 0 unspecified atom stereocenters. The smallest absolute Gasteiger partial charge is 0.329 e. The van der Waals surface area contributed by atoms with Crippen LogP contribution in [-0.2, 0) is 24.2 Å². The van der Waals surface area contributed by atoms with Gasteiger partial charge in [0, 0.05) is 12.2 Å². The maximum atomic E-state index is 13.7. The standard InChI is InChI=1S/C28H42N2O4/c1-28(27(33)34,22-15-9-5-10-16-22)29-25(31)23-18-21-14-8-2-3-11-17-24(21)30(26(23)32)19-20-12-6-4-7-13-20/h18,20,22H,2-17,19H2,1H3,(H,29,31)(H,33,34)/t28-/m1/s1. The normalized spacial score (nSPS) is 22.1. The highest BCUT2D eigenvalue weighted by Gasteiger charge is 2.43. The van der Waals surface area contributed by atoms with Crippen LogP contribution in [0.2, 0.25) is 0 Å². The Morgan fingerprint density at radius 1 is 0.941 bits per heavy atom. The van der Waals surface area contributed by atoms with E-state index < -0.39 is 17.4 Å². The molecule has 3 aliphatic carbocycles. The van der Waals surface area contributed by atoms with Crippen molar-refractivity contribution in [1.82, 2.24) is 9.88 Å². The fraction of sp³-hybridized carbons (Fsp3) is 0.750. The van der Waals surface area contributed by atoms with Gasteiger partial charge in [0.15, 0.2) is 0 Å². The Hall–Kier alpha value is -2.11. The third kappa shape index (κ3) is 5.41. The lowest BCUT2D eigenvalue weighted by atomic mass is 9.75. The number of pyridine rings is 1. The van der Waals surface area contributed by atoms with Gasteiger partial charge in [-0.25, -0.2) is 4.79 Å². The summed E-state index contributed by atoms with van der Waals surface area (Å²) in [5.41, 5.74) is 0.745. The van der Waals surface area contributed by atoms with Gasteiger partial charge in [-0.15, -0.1) is 0 Å². The minimum absolute atomic E-state index is 0.114. The minimum atomic E-state index is -1.36. The molecular weight excluding hydrogens is 428 g/mol. The molecule has 0 saturated heterocycles. The van der Waals surface area contributed by atoms with Gasteiger partial charge in [-0.3, -0.25) is 9.59 Å². The van der Waals surface area contributed by atoms with Gasteiger partial charge in [-0.05, 0) is 81.8 Å². The first kappa shape index (κ1) is 25.0. The molecule has 0 aromatic carbocycles. The van der Waals surface area contributed by atoms with Gasteiger partial charge in [0.2, 0.25) is 0 Å². The van der Waals surface area contributed by atoms with Gasteiger partial charge in [0.05, 0.1) is 0 Å². The summed E-state index contributed by atoms with van der Waals surface area (Å²) in [6.45, 7) is 2.30. The largest absolute Gasteiger partial charge is 0.480 e. The van der Waals surface area contributed by atoms with Crippen LogP contribution in [-0.4, -0.2) is 27.1 Å². The lowest BCUT2D eigenvalue weighted by Gasteiger charge is -2.37. The molecule has 0 spiro atoms. The SMILES string of the molecule is C[C@](NC(=O)c1cc2c(n(CC3CCCCC3)c1=O)CCCCCC2)(C(=O)O)C1CCCCC1. The van der Waals surface area contributed by atoms with Gasteiger partial charge >= 0.3 is 5.97 Å². The molecule has 34 heavy (non-hydrogen) atoms. The summed E-state index contributed by atoms with van der Waals surface area (Å²) in [7, 11) is 0.